The molecule has 3 heterocycles. The minimum absolute atomic E-state index is 0.185. The molecule has 0 bridgehead atoms. The summed E-state index contributed by atoms with van der Waals surface area (Å²) in [5.74, 6) is 0.543. The third kappa shape index (κ3) is 3.34. The number of hydrogen-bond donors (Lipinski definition) is 1. The van der Waals surface area contributed by atoms with Crippen molar-refractivity contribution in [3.8, 4) is 5.75 Å². The lowest BCUT2D eigenvalue weighted by Gasteiger charge is -2.30. The summed E-state index contributed by atoms with van der Waals surface area (Å²) >= 11 is 1.29. The summed E-state index contributed by atoms with van der Waals surface area (Å²) in [6, 6.07) is 23.5. The van der Waals surface area contributed by atoms with Crippen LogP contribution in [0.25, 0.3) is 11.3 Å². The van der Waals surface area contributed by atoms with Crippen LogP contribution in [0.4, 0.5) is 5.69 Å². The Kier molecular flexibility index (Phi) is 5.01. The molecule has 0 radical (unpaired) electrons. The molecule has 7 heteroatoms. The Morgan fingerprint density at radius 2 is 1.73 bits per heavy atom. The smallest absolute Gasteiger partial charge is 0.271 e. The minimum atomic E-state index is -0.302. The van der Waals surface area contributed by atoms with E-state index in [1.165, 1.54) is 16.9 Å². The van der Waals surface area contributed by atoms with Crippen molar-refractivity contribution in [2.24, 2.45) is 4.99 Å². The predicted octanol–water partition coefficient (Wildman–Crippen LogP) is 4.04. The molecule has 4 aromatic rings. The first-order chi connectivity index (χ1) is 18.1. The van der Waals surface area contributed by atoms with Gasteiger partial charge in [0.05, 0.1) is 23.9 Å². The van der Waals surface area contributed by atoms with E-state index in [1.807, 2.05) is 61.5 Å². The van der Waals surface area contributed by atoms with Crippen molar-refractivity contribution in [2.75, 3.05) is 11.9 Å². The molecule has 3 aliphatic rings. The Hall–Kier alpha value is -4.23. The fourth-order valence-electron chi connectivity index (χ4n) is 5.63. The van der Waals surface area contributed by atoms with Crippen LogP contribution in [0.3, 0.4) is 0 Å². The van der Waals surface area contributed by atoms with Gasteiger partial charge in [-0.15, -0.1) is 0 Å². The largest absolute Gasteiger partial charge is 0.494 e. The van der Waals surface area contributed by atoms with Crippen molar-refractivity contribution in [1.29, 1.82) is 0 Å². The van der Waals surface area contributed by atoms with Crippen molar-refractivity contribution in [2.45, 2.75) is 25.8 Å². The van der Waals surface area contributed by atoms with E-state index in [0.717, 1.165) is 52.2 Å². The van der Waals surface area contributed by atoms with Crippen LogP contribution in [0.15, 0.2) is 88.2 Å². The number of anilines is 1. The number of aromatic nitrogens is 1. The zero-order chi connectivity index (χ0) is 25.1. The first-order valence-electron chi connectivity index (χ1n) is 12.4. The van der Waals surface area contributed by atoms with Crippen LogP contribution in [-0.2, 0) is 11.2 Å². The number of allylic oxidation sites excluding steroid dienone is 1. The van der Waals surface area contributed by atoms with Crippen LogP contribution in [0.2, 0.25) is 0 Å². The molecule has 0 fully saturated rings. The maximum absolute atomic E-state index is 14.1. The topological polar surface area (TPSA) is 72.7 Å². The van der Waals surface area contributed by atoms with E-state index in [4.69, 9.17) is 9.73 Å². The van der Waals surface area contributed by atoms with Crippen molar-refractivity contribution < 1.29 is 9.53 Å². The van der Waals surface area contributed by atoms with E-state index in [9.17, 15) is 9.59 Å². The van der Waals surface area contributed by atoms with Gasteiger partial charge >= 0.3 is 0 Å². The van der Waals surface area contributed by atoms with E-state index in [-0.39, 0.29) is 17.5 Å². The highest BCUT2D eigenvalue weighted by molar-refractivity contribution is 7.07. The van der Waals surface area contributed by atoms with E-state index >= 15 is 0 Å². The van der Waals surface area contributed by atoms with Gasteiger partial charge in [-0.1, -0.05) is 65.9 Å². The SMILES string of the molecule is CCOc1ccc(C2C3=C(N=c4s/c(=C5/C(=O)Nc6ccccc65)c(=O)n42)c2ccccc2CC3)cc1. The number of nitrogens with one attached hydrogen (secondary N) is 1. The number of nitrogens with zero attached hydrogens (tertiary/aromatic N) is 2. The second-order valence-electron chi connectivity index (χ2n) is 9.31. The van der Waals surface area contributed by atoms with Gasteiger partial charge in [0, 0.05) is 16.8 Å². The van der Waals surface area contributed by atoms with Gasteiger partial charge in [-0.05, 0) is 54.7 Å². The summed E-state index contributed by atoms with van der Waals surface area (Å²) in [7, 11) is 0. The van der Waals surface area contributed by atoms with E-state index < -0.39 is 0 Å². The van der Waals surface area contributed by atoms with E-state index in [2.05, 4.69) is 23.5 Å². The fraction of sp³-hybridized carbons (Fsp3) is 0.167. The molecule has 0 spiro atoms. The summed E-state index contributed by atoms with van der Waals surface area (Å²) < 4.78 is 7.87. The maximum atomic E-state index is 14.1. The Morgan fingerprint density at radius 1 is 0.973 bits per heavy atom. The summed E-state index contributed by atoms with van der Waals surface area (Å²) in [4.78, 5) is 32.8. The van der Waals surface area contributed by atoms with Gasteiger partial charge in [-0.25, -0.2) is 4.99 Å². The van der Waals surface area contributed by atoms with Crippen molar-refractivity contribution in [3.63, 3.8) is 0 Å². The summed E-state index contributed by atoms with van der Waals surface area (Å²) in [5.41, 5.74) is 7.17. The molecule has 3 aromatic carbocycles. The van der Waals surface area contributed by atoms with Crippen LogP contribution in [0.1, 0.15) is 41.6 Å². The molecule has 1 atom stereocenters. The van der Waals surface area contributed by atoms with Gasteiger partial charge < -0.3 is 10.1 Å². The second kappa shape index (κ2) is 8.42. The number of ether oxygens (including phenoxy) is 1. The highest BCUT2D eigenvalue weighted by Gasteiger charge is 2.34. The number of para-hydroxylation sites is 1. The molecule has 2 aliphatic heterocycles. The molecule has 7 rings (SSSR count). The number of rotatable bonds is 3. The van der Waals surface area contributed by atoms with Crippen LogP contribution in [0, 0.1) is 0 Å². The fourth-order valence-corrected chi connectivity index (χ4v) is 6.72. The van der Waals surface area contributed by atoms with Crippen LogP contribution in [0.5, 0.6) is 5.75 Å². The molecule has 6 nitrogen and oxygen atoms in total. The molecule has 1 unspecified atom stereocenters. The first-order valence-corrected chi connectivity index (χ1v) is 13.2. The predicted molar refractivity (Wildman–Crippen MR) is 144 cm³/mol. The lowest BCUT2D eigenvalue weighted by molar-refractivity contribution is -0.110. The highest BCUT2D eigenvalue weighted by atomic mass is 32.1. The van der Waals surface area contributed by atoms with Crippen molar-refractivity contribution in [3.05, 3.63) is 120 Å². The van der Waals surface area contributed by atoms with E-state index in [0.29, 0.717) is 21.5 Å². The second-order valence-corrected chi connectivity index (χ2v) is 10.3. The molecule has 182 valence electrons. The number of amides is 1. The molecule has 37 heavy (non-hydrogen) atoms. The Labute approximate surface area is 216 Å². The minimum Gasteiger partial charge on any atom is -0.494 e. The van der Waals surface area contributed by atoms with Gasteiger partial charge in [0.15, 0.2) is 4.80 Å². The normalized spacial score (nSPS) is 18.8. The molecule has 0 saturated carbocycles. The maximum Gasteiger partial charge on any atom is 0.271 e. The Bertz CT molecular complexity index is 1810. The number of thiazole rings is 1. The van der Waals surface area contributed by atoms with Crippen LogP contribution >= 0.6 is 11.3 Å². The highest BCUT2D eigenvalue weighted by Crippen LogP contribution is 2.41. The average Bonchev–Trinajstić information content (AvgIpc) is 3.43. The third-order valence-electron chi connectivity index (χ3n) is 7.25. The lowest BCUT2D eigenvalue weighted by atomic mass is 9.83. The summed E-state index contributed by atoms with van der Waals surface area (Å²) in [6.07, 6.45) is 1.71. The quantitative estimate of drug-likeness (QED) is 0.457. The lowest BCUT2D eigenvalue weighted by Crippen LogP contribution is -2.39. The van der Waals surface area contributed by atoms with Crippen LogP contribution < -0.4 is 24.9 Å². The molecular weight excluding hydrogens is 482 g/mol. The Morgan fingerprint density at radius 3 is 2.54 bits per heavy atom. The molecular formula is C30H23N3O3S. The summed E-state index contributed by atoms with van der Waals surface area (Å²) in [6.45, 7) is 2.55. The number of hydrogen-bond acceptors (Lipinski definition) is 5. The summed E-state index contributed by atoms with van der Waals surface area (Å²) in [5, 5.41) is 2.91. The zero-order valence-electron chi connectivity index (χ0n) is 20.2. The van der Waals surface area contributed by atoms with Gasteiger partial charge in [-0.3, -0.25) is 14.2 Å². The van der Waals surface area contributed by atoms with Crippen molar-refractivity contribution >= 4 is 34.2 Å². The van der Waals surface area contributed by atoms with Gasteiger partial charge in [0.25, 0.3) is 11.5 Å². The number of carbonyl (C=O) groups excluding carboxylic acids is 1. The standard InChI is InChI=1S/C30H23N3O3S/c1-2-36-19-14-11-18(12-15-19)26-22-16-13-17-7-3-4-8-20(17)25(22)32-30-33(26)29(35)27(37-30)24-21-9-5-6-10-23(21)31-28(24)34/h3-12,14-15,26H,2,13,16H2,1H3,(H,31,34)/b27-24+. The van der Waals surface area contributed by atoms with Gasteiger partial charge in [-0.2, -0.15) is 0 Å². The number of benzene rings is 3. The van der Waals surface area contributed by atoms with Gasteiger partial charge in [0.1, 0.15) is 10.3 Å². The molecule has 0 saturated heterocycles. The van der Waals surface area contributed by atoms with Gasteiger partial charge in [0.2, 0.25) is 0 Å². The molecule has 1 amide bonds. The van der Waals surface area contributed by atoms with E-state index in [1.54, 1.807) is 4.57 Å². The number of carbonyl (C=O) groups is 1. The number of aryl methyl sites for hydroxylation is 1. The monoisotopic (exact) mass is 505 g/mol. The van der Waals surface area contributed by atoms with Crippen LogP contribution in [-0.4, -0.2) is 17.1 Å². The molecule has 1 aromatic heterocycles. The molecule has 1 aliphatic carbocycles. The third-order valence-corrected chi connectivity index (χ3v) is 8.31. The number of fused-ring (bicyclic) bond motifs is 4. The van der Waals surface area contributed by atoms with Crippen molar-refractivity contribution in [1.82, 2.24) is 4.57 Å². The Balaban J connectivity index is 1.52. The average molecular weight is 506 g/mol. The zero-order valence-corrected chi connectivity index (χ0v) is 21.0. The molecule has 1 N–H and O–H groups in total. The first kappa shape index (κ1) is 22.0.